The van der Waals surface area contributed by atoms with Crippen molar-refractivity contribution in [3.63, 3.8) is 0 Å². The summed E-state index contributed by atoms with van der Waals surface area (Å²) in [5.74, 6) is 1.30. The Labute approximate surface area is 182 Å². The number of methoxy groups -OCH3 is 1. The first kappa shape index (κ1) is 21.8. The Morgan fingerprint density at radius 2 is 1.83 bits per heavy atom. The minimum absolute atomic E-state index is 0.0256. The van der Waals surface area contributed by atoms with Gasteiger partial charge in [0.2, 0.25) is 0 Å². The van der Waals surface area contributed by atoms with Crippen LogP contribution in [0, 0.1) is 0 Å². The number of carbonyl (C=O) groups excluding carboxylic acids is 1. The van der Waals surface area contributed by atoms with Crippen molar-refractivity contribution in [3.05, 3.63) is 58.1 Å². The van der Waals surface area contributed by atoms with E-state index in [0.717, 1.165) is 38.3 Å². The molecule has 0 unspecified atom stereocenters. The summed E-state index contributed by atoms with van der Waals surface area (Å²) in [4.78, 5) is 17.1. The lowest BCUT2D eigenvalue weighted by Gasteiger charge is -2.25. The molecule has 3 rings (SSSR count). The van der Waals surface area contributed by atoms with Crippen molar-refractivity contribution < 1.29 is 14.3 Å². The minimum atomic E-state index is -0.609. The van der Waals surface area contributed by atoms with E-state index >= 15 is 0 Å². The molecule has 7 heteroatoms. The van der Waals surface area contributed by atoms with Gasteiger partial charge in [-0.25, -0.2) is 0 Å². The molecule has 1 amide bonds. The van der Waals surface area contributed by atoms with Crippen molar-refractivity contribution in [2.45, 2.75) is 26.0 Å². The van der Waals surface area contributed by atoms with Gasteiger partial charge in [0, 0.05) is 37.7 Å². The van der Waals surface area contributed by atoms with E-state index in [2.05, 4.69) is 17.0 Å². The molecule has 0 radical (unpaired) electrons. The third-order valence-electron chi connectivity index (χ3n) is 5.01. The molecule has 0 spiro atoms. The van der Waals surface area contributed by atoms with Crippen LogP contribution in [0.1, 0.15) is 18.9 Å². The molecule has 1 saturated heterocycles. The van der Waals surface area contributed by atoms with Crippen molar-refractivity contribution in [1.29, 1.82) is 0 Å². The smallest absolute Gasteiger partial charge is 0.263 e. The van der Waals surface area contributed by atoms with E-state index in [4.69, 9.17) is 32.7 Å². The van der Waals surface area contributed by atoms with Crippen LogP contribution < -0.4 is 9.47 Å². The number of benzene rings is 2. The molecule has 1 heterocycles. The largest absolute Gasteiger partial charge is 0.497 e. The summed E-state index contributed by atoms with van der Waals surface area (Å²) in [6.45, 7) is 5.79. The molecular formula is C22H26Cl2N2O3. The Kier molecular flexibility index (Phi) is 7.64. The van der Waals surface area contributed by atoms with Crippen LogP contribution in [0.15, 0.2) is 42.5 Å². The first-order valence-electron chi connectivity index (χ1n) is 9.72. The average Bonchev–Trinajstić information content (AvgIpc) is 2.95. The molecule has 1 aliphatic rings. The summed E-state index contributed by atoms with van der Waals surface area (Å²) in [6, 6.07) is 13.1. The molecule has 1 atom stereocenters. The van der Waals surface area contributed by atoms with Crippen molar-refractivity contribution >= 4 is 29.1 Å². The summed E-state index contributed by atoms with van der Waals surface area (Å²) in [7, 11) is 1.67. The first-order valence-corrected chi connectivity index (χ1v) is 10.5. The summed E-state index contributed by atoms with van der Waals surface area (Å²) < 4.78 is 11.0. The van der Waals surface area contributed by atoms with Crippen molar-refractivity contribution in [3.8, 4) is 11.5 Å². The van der Waals surface area contributed by atoms with Gasteiger partial charge >= 0.3 is 0 Å². The van der Waals surface area contributed by atoms with Crippen LogP contribution in [0.2, 0.25) is 10.0 Å². The molecule has 2 aromatic rings. The van der Waals surface area contributed by atoms with E-state index in [0.29, 0.717) is 22.3 Å². The van der Waals surface area contributed by atoms with Crippen LogP contribution in [0.25, 0.3) is 0 Å². The number of carbonyl (C=O) groups is 1. The van der Waals surface area contributed by atoms with E-state index < -0.39 is 6.10 Å². The Morgan fingerprint density at radius 1 is 1.07 bits per heavy atom. The van der Waals surface area contributed by atoms with Crippen molar-refractivity contribution in [2.24, 2.45) is 0 Å². The summed E-state index contributed by atoms with van der Waals surface area (Å²) in [5.41, 5.74) is 1.24. The lowest BCUT2D eigenvalue weighted by atomic mass is 10.2. The van der Waals surface area contributed by atoms with Gasteiger partial charge in [0.25, 0.3) is 5.91 Å². The number of hydrogen-bond acceptors (Lipinski definition) is 4. The average molecular weight is 437 g/mol. The van der Waals surface area contributed by atoms with E-state index in [-0.39, 0.29) is 5.91 Å². The third kappa shape index (κ3) is 6.01. The fraction of sp³-hybridized carbons (Fsp3) is 0.409. The zero-order valence-corrected chi connectivity index (χ0v) is 18.2. The topological polar surface area (TPSA) is 42.0 Å². The number of ether oxygens (including phenoxy) is 2. The normalized spacial score (nSPS) is 16.2. The van der Waals surface area contributed by atoms with Crippen LogP contribution in [0.3, 0.4) is 0 Å². The summed E-state index contributed by atoms with van der Waals surface area (Å²) in [5, 5.41) is 0.935. The Hall–Kier alpha value is -1.95. The van der Waals surface area contributed by atoms with Crippen LogP contribution >= 0.6 is 23.2 Å². The zero-order chi connectivity index (χ0) is 20.8. The van der Waals surface area contributed by atoms with Gasteiger partial charge in [0.05, 0.1) is 12.1 Å². The van der Waals surface area contributed by atoms with Gasteiger partial charge in [0.15, 0.2) is 6.10 Å². The highest BCUT2D eigenvalue weighted by molar-refractivity contribution is 6.35. The Balaban J connectivity index is 1.54. The van der Waals surface area contributed by atoms with Gasteiger partial charge in [-0.1, -0.05) is 35.3 Å². The fourth-order valence-corrected chi connectivity index (χ4v) is 3.86. The van der Waals surface area contributed by atoms with E-state index in [1.54, 1.807) is 32.2 Å². The molecule has 0 aromatic heterocycles. The SMILES string of the molecule is COc1ccc(CN2CCCN(C(=O)[C@@H](C)Oc3ccc(Cl)cc3Cl)CC2)cc1. The Morgan fingerprint density at radius 3 is 2.52 bits per heavy atom. The second-order valence-corrected chi connectivity index (χ2v) is 7.98. The maximum atomic E-state index is 12.9. The molecule has 0 N–H and O–H groups in total. The maximum Gasteiger partial charge on any atom is 0.263 e. The number of rotatable bonds is 6. The molecule has 1 aliphatic heterocycles. The molecule has 5 nitrogen and oxygen atoms in total. The highest BCUT2D eigenvalue weighted by Gasteiger charge is 2.25. The second kappa shape index (κ2) is 10.2. The van der Waals surface area contributed by atoms with Gasteiger partial charge in [-0.2, -0.15) is 0 Å². The second-order valence-electron chi connectivity index (χ2n) is 7.14. The highest BCUT2D eigenvalue weighted by Crippen LogP contribution is 2.28. The van der Waals surface area contributed by atoms with Gasteiger partial charge < -0.3 is 14.4 Å². The quantitative estimate of drug-likeness (QED) is 0.667. The summed E-state index contributed by atoms with van der Waals surface area (Å²) in [6.07, 6.45) is 0.317. The van der Waals surface area contributed by atoms with Crippen LogP contribution in [0.4, 0.5) is 0 Å². The van der Waals surface area contributed by atoms with Crippen LogP contribution in [0.5, 0.6) is 11.5 Å². The zero-order valence-electron chi connectivity index (χ0n) is 16.7. The van der Waals surface area contributed by atoms with Gasteiger partial charge in [-0.15, -0.1) is 0 Å². The molecular weight excluding hydrogens is 411 g/mol. The van der Waals surface area contributed by atoms with Gasteiger partial charge in [-0.3, -0.25) is 9.69 Å². The monoisotopic (exact) mass is 436 g/mol. The predicted molar refractivity (Wildman–Crippen MR) is 116 cm³/mol. The van der Waals surface area contributed by atoms with Crippen LogP contribution in [-0.2, 0) is 11.3 Å². The molecule has 0 saturated carbocycles. The number of hydrogen-bond donors (Lipinski definition) is 0. The third-order valence-corrected chi connectivity index (χ3v) is 5.54. The molecule has 29 heavy (non-hydrogen) atoms. The lowest BCUT2D eigenvalue weighted by molar-refractivity contribution is -0.137. The van der Waals surface area contributed by atoms with E-state index in [1.807, 2.05) is 17.0 Å². The molecule has 0 bridgehead atoms. The molecule has 0 aliphatic carbocycles. The van der Waals surface area contributed by atoms with Crippen LogP contribution in [-0.4, -0.2) is 55.1 Å². The van der Waals surface area contributed by atoms with Crippen molar-refractivity contribution in [1.82, 2.24) is 9.80 Å². The Bertz CT molecular complexity index is 829. The lowest BCUT2D eigenvalue weighted by Crippen LogP contribution is -2.42. The van der Waals surface area contributed by atoms with E-state index in [1.165, 1.54) is 5.56 Å². The first-order chi connectivity index (χ1) is 14.0. The number of halogens is 2. The number of amides is 1. The van der Waals surface area contributed by atoms with Gasteiger partial charge in [0.1, 0.15) is 11.5 Å². The molecule has 1 fully saturated rings. The standard InChI is InChI=1S/C22H26Cl2N2O3/c1-16(29-21-9-6-18(23)14-20(21)24)22(27)26-11-3-10-25(12-13-26)15-17-4-7-19(28-2)8-5-17/h4-9,14,16H,3,10-13,15H2,1-2H3/t16-/m1/s1. The highest BCUT2D eigenvalue weighted by atomic mass is 35.5. The predicted octanol–water partition coefficient (Wildman–Crippen LogP) is 4.50. The van der Waals surface area contributed by atoms with E-state index in [9.17, 15) is 4.79 Å². The molecule has 2 aromatic carbocycles. The van der Waals surface area contributed by atoms with Crippen molar-refractivity contribution in [2.75, 3.05) is 33.3 Å². The summed E-state index contributed by atoms with van der Waals surface area (Å²) >= 11 is 12.1. The van der Waals surface area contributed by atoms with Gasteiger partial charge in [-0.05, 0) is 49.2 Å². The maximum absolute atomic E-state index is 12.9. The fourth-order valence-electron chi connectivity index (χ4n) is 3.41. The molecule has 156 valence electrons. The minimum Gasteiger partial charge on any atom is -0.497 e. The number of nitrogens with zero attached hydrogens (tertiary/aromatic N) is 2.